The molecule has 0 spiro atoms. The molecule has 0 atom stereocenters. The second-order valence-electron chi connectivity index (χ2n) is 5.14. The van der Waals surface area contributed by atoms with Gasteiger partial charge in [0.1, 0.15) is 6.61 Å². The van der Waals surface area contributed by atoms with E-state index in [4.69, 9.17) is 37.4 Å². The van der Waals surface area contributed by atoms with Crippen LogP contribution in [0.2, 0.25) is 10.0 Å². The van der Waals surface area contributed by atoms with Crippen LogP contribution in [0.5, 0.6) is 11.5 Å². The number of benzene rings is 2. The van der Waals surface area contributed by atoms with Crippen LogP contribution in [0.3, 0.4) is 0 Å². The largest absolute Gasteiger partial charge is 0.493 e. The van der Waals surface area contributed by atoms with E-state index >= 15 is 0 Å². The first-order valence-corrected chi connectivity index (χ1v) is 7.89. The van der Waals surface area contributed by atoms with Crippen molar-refractivity contribution in [3.8, 4) is 11.5 Å². The Bertz CT molecular complexity index is 843. The second-order valence-corrected chi connectivity index (χ2v) is 5.93. The number of ether oxygens (including phenoxy) is 3. The Hall–Kier alpha value is -2.17. The zero-order valence-corrected chi connectivity index (χ0v) is 14.6. The summed E-state index contributed by atoms with van der Waals surface area (Å²) in [5.41, 5.74) is 2.58. The number of halogens is 2. The van der Waals surface area contributed by atoms with Gasteiger partial charge in [0.2, 0.25) is 0 Å². The van der Waals surface area contributed by atoms with Crippen LogP contribution in [0.25, 0.3) is 11.6 Å². The first-order chi connectivity index (χ1) is 11.5. The van der Waals surface area contributed by atoms with Crippen LogP contribution >= 0.6 is 23.2 Å². The molecule has 0 amide bonds. The molecule has 1 aliphatic rings. The Kier molecular flexibility index (Phi) is 4.69. The molecule has 0 N–H and O–H groups in total. The molecule has 124 valence electrons. The summed E-state index contributed by atoms with van der Waals surface area (Å²) in [6, 6.07) is 8.80. The average Bonchev–Trinajstić information content (AvgIpc) is 2.60. The predicted molar refractivity (Wildman–Crippen MR) is 93.7 cm³/mol. The molecule has 2 aromatic carbocycles. The zero-order chi connectivity index (χ0) is 17.3. The summed E-state index contributed by atoms with van der Waals surface area (Å²) in [7, 11) is 3.10. The number of hydrogen-bond acceptors (Lipinski definition) is 4. The fourth-order valence-electron chi connectivity index (χ4n) is 2.55. The molecule has 0 unspecified atom stereocenters. The molecular formula is C18H14Cl2O4. The number of esters is 1. The lowest BCUT2D eigenvalue weighted by Crippen LogP contribution is -2.15. The van der Waals surface area contributed by atoms with Gasteiger partial charge in [-0.1, -0.05) is 35.3 Å². The third-order valence-corrected chi connectivity index (χ3v) is 4.59. The van der Waals surface area contributed by atoms with E-state index in [1.54, 1.807) is 50.6 Å². The minimum atomic E-state index is -0.425. The maximum absolute atomic E-state index is 12.3. The smallest absolute Gasteiger partial charge is 0.339 e. The van der Waals surface area contributed by atoms with Crippen molar-refractivity contribution in [2.45, 2.75) is 6.61 Å². The number of fused-ring (bicyclic) bond motifs is 1. The van der Waals surface area contributed by atoms with Crippen LogP contribution in [0.1, 0.15) is 16.7 Å². The molecule has 6 heteroatoms. The number of rotatable bonds is 3. The summed E-state index contributed by atoms with van der Waals surface area (Å²) in [5, 5.41) is 0.801. The average molecular weight is 365 g/mol. The van der Waals surface area contributed by atoms with Gasteiger partial charge < -0.3 is 14.2 Å². The van der Waals surface area contributed by atoms with E-state index in [0.29, 0.717) is 32.7 Å². The van der Waals surface area contributed by atoms with Crippen LogP contribution in [0, 0.1) is 0 Å². The van der Waals surface area contributed by atoms with Gasteiger partial charge in [0.15, 0.2) is 11.5 Å². The Morgan fingerprint density at radius 3 is 2.54 bits per heavy atom. The van der Waals surface area contributed by atoms with Gasteiger partial charge in [0, 0.05) is 5.56 Å². The Balaban J connectivity index is 2.18. The summed E-state index contributed by atoms with van der Waals surface area (Å²) in [5.74, 6) is 0.689. The lowest BCUT2D eigenvalue weighted by atomic mass is 9.95. The number of methoxy groups -OCH3 is 2. The van der Waals surface area contributed by atoms with Crippen molar-refractivity contribution in [2.75, 3.05) is 14.2 Å². The van der Waals surface area contributed by atoms with Crippen molar-refractivity contribution >= 4 is 40.8 Å². The van der Waals surface area contributed by atoms with Gasteiger partial charge >= 0.3 is 5.97 Å². The maximum atomic E-state index is 12.3. The monoisotopic (exact) mass is 364 g/mol. The predicted octanol–water partition coefficient (Wildman–Crippen LogP) is 4.61. The van der Waals surface area contributed by atoms with Crippen LogP contribution in [-0.4, -0.2) is 20.2 Å². The molecule has 0 bridgehead atoms. The normalized spacial score (nSPS) is 15.0. The highest BCUT2D eigenvalue weighted by atomic mass is 35.5. The van der Waals surface area contributed by atoms with Gasteiger partial charge in [-0.2, -0.15) is 0 Å². The molecule has 0 fully saturated rings. The Morgan fingerprint density at radius 2 is 1.83 bits per heavy atom. The minimum absolute atomic E-state index is 0.176. The molecule has 1 aliphatic heterocycles. The zero-order valence-electron chi connectivity index (χ0n) is 13.1. The van der Waals surface area contributed by atoms with Gasteiger partial charge in [-0.3, -0.25) is 0 Å². The number of cyclic esters (lactones) is 1. The SMILES string of the molecule is COc1cc2c(cc1OC)/C(=C/c1cccc(Cl)c1Cl)C(=O)OC2. The highest BCUT2D eigenvalue weighted by molar-refractivity contribution is 6.43. The van der Waals surface area contributed by atoms with Crippen LogP contribution < -0.4 is 9.47 Å². The fourth-order valence-corrected chi connectivity index (χ4v) is 2.91. The highest BCUT2D eigenvalue weighted by Gasteiger charge is 2.25. The summed E-state index contributed by atoms with van der Waals surface area (Å²) in [4.78, 5) is 12.3. The van der Waals surface area contributed by atoms with Crippen molar-refractivity contribution in [3.05, 3.63) is 57.1 Å². The van der Waals surface area contributed by atoms with Crippen molar-refractivity contribution in [1.29, 1.82) is 0 Å². The molecule has 0 saturated carbocycles. The standard InChI is InChI=1S/C18H14Cl2O4/c1-22-15-7-11-9-24-18(21)13(12(11)8-16(15)23-2)6-10-4-3-5-14(19)17(10)20/h3-8H,9H2,1-2H3/b13-6-. The third kappa shape index (κ3) is 2.95. The van der Waals surface area contributed by atoms with Crippen LogP contribution in [0.4, 0.5) is 0 Å². The lowest BCUT2D eigenvalue weighted by molar-refractivity contribution is -0.138. The molecule has 1 heterocycles. The highest BCUT2D eigenvalue weighted by Crippen LogP contribution is 2.38. The van der Waals surface area contributed by atoms with Gasteiger partial charge in [0.25, 0.3) is 0 Å². The first-order valence-electron chi connectivity index (χ1n) is 7.13. The molecule has 0 radical (unpaired) electrons. The molecule has 24 heavy (non-hydrogen) atoms. The summed E-state index contributed by atoms with van der Waals surface area (Å²) in [6.45, 7) is 0.176. The van der Waals surface area contributed by atoms with Gasteiger partial charge in [-0.05, 0) is 35.4 Å². The van der Waals surface area contributed by atoms with Gasteiger partial charge in [-0.25, -0.2) is 4.79 Å². The quantitative estimate of drug-likeness (QED) is 0.589. The van der Waals surface area contributed by atoms with Gasteiger partial charge in [-0.15, -0.1) is 0 Å². The fraction of sp³-hybridized carbons (Fsp3) is 0.167. The molecule has 2 aromatic rings. The van der Waals surface area contributed by atoms with Crippen molar-refractivity contribution in [1.82, 2.24) is 0 Å². The molecule has 3 rings (SSSR count). The van der Waals surface area contributed by atoms with E-state index in [9.17, 15) is 4.79 Å². The lowest BCUT2D eigenvalue weighted by Gasteiger charge is -2.21. The molecule has 4 nitrogen and oxygen atoms in total. The summed E-state index contributed by atoms with van der Waals surface area (Å²) < 4.78 is 15.9. The van der Waals surface area contributed by atoms with E-state index in [-0.39, 0.29) is 6.61 Å². The molecule has 0 saturated heterocycles. The Labute approximate surface area is 149 Å². The van der Waals surface area contributed by atoms with E-state index in [1.807, 2.05) is 0 Å². The summed E-state index contributed by atoms with van der Waals surface area (Å²) >= 11 is 12.3. The molecule has 0 aliphatic carbocycles. The van der Waals surface area contributed by atoms with Crippen LogP contribution in [-0.2, 0) is 16.1 Å². The number of hydrogen-bond donors (Lipinski definition) is 0. The van der Waals surface area contributed by atoms with Crippen LogP contribution in [0.15, 0.2) is 30.3 Å². The number of carbonyl (C=O) groups is 1. The maximum Gasteiger partial charge on any atom is 0.339 e. The van der Waals surface area contributed by atoms with E-state index in [1.165, 1.54) is 0 Å². The first kappa shape index (κ1) is 16.7. The Morgan fingerprint density at radius 1 is 1.12 bits per heavy atom. The number of carbonyl (C=O) groups excluding carboxylic acids is 1. The third-order valence-electron chi connectivity index (χ3n) is 3.76. The topological polar surface area (TPSA) is 44.8 Å². The minimum Gasteiger partial charge on any atom is -0.493 e. The summed E-state index contributed by atoms with van der Waals surface area (Å²) in [6.07, 6.45) is 1.67. The van der Waals surface area contributed by atoms with Crippen molar-refractivity contribution in [2.24, 2.45) is 0 Å². The van der Waals surface area contributed by atoms with Crippen molar-refractivity contribution < 1.29 is 19.0 Å². The van der Waals surface area contributed by atoms with Crippen molar-refractivity contribution in [3.63, 3.8) is 0 Å². The van der Waals surface area contributed by atoms with E-state index in [0.717, 1.165) is 11.1 Å². The molecule has 0 aromatic heterocycles. The molecular weight excluding hydrogens is 351 g/mol. The van der Waals surface area contributed by atoms with E-state index in [2.05, 4.69) is 0 Å². The van der Waals surface area contributed by atoms with E-state index < -0.39 is 5.97 Å². The van der Waals surface area contributed by atoms with Gasteiger partial charge in [0.05, 0.1) is 29.8 Å². The second kappa shape index (κ2) is 6.75.